The van der Waals surface area contributed by atoms with Crippen LogP contribution in [0.1, 0.15) is 46.5 Å². The van der Waals surface area contributed by atoms with Crippen LogP contribution in [0.25, 0.3) is 0 Å². The number of nitrogens with zero attached hydrogens (tertiary/aromatic N) is 2. The number of likely N-dealkylation sites (tertiary alicyclic amines) is 1. The van der Waals surface area contributed by atoms with Crippen LogP contribution in [-0.2, 0) is 4.79 Å². The highest BCUT2D eigenvalue weighted by atomic mass is 16.2. The average molecular weight is 267 g/mol. The van der Waals surface area contributed by atoms with Crippen LogP contribution in [0.5, 0.6) is 0 Å². The first kappa shape index (κ1) is 14.8. The van der Waals surface area contributed by atoms with Crippen LogP contribution < -0.4 is 5.32 Å². The van der Waals surface area contributed by atoms with Crippen molar-refractivity contribution in [2.45, 2.75) is 64.7 Å². The van der Waals surface area contributed by atoms with Gasteiger partial charge in [-0.15, -0.1) is 0 Å². The largest absolute Gasteiger partial charge is 0.322 e. The van der Waals surface area contributed by atoms with E-state index in [9.17, 15) is 4.79 Å². The van der Waals surface area contributed by atoms with E-state index in [1.54, 1.807) is 0 Å². The van der Waals surface area contributed by atoms with Crippen molar-refractivity contribution < 1.29 is 4.79 Å². The molecule has 2 saturated heterocycles. The van der Waals surface area contributed by atoms with Gasteiger partial charge in [0.1, 0.15) is 0 Å². The van der Waals surface area contributed by atoms with Crippen LogP contribution in [0.15, 0.2) is 0 Å². The molecule has 1 amide bonds. The van der Waals surface area contributed by atoms with Gasteiger partial charge in [-0.1, -0.05) is 27.2 Å². The molecule has 2 rings (SSSR count). The summed E-state index contributed by atoms with van der Waals surface area (Å²) < 4.78 is 0. The highest BCUT2D eigenvalue weighted by molar-refractivity contribution is 5.84. The number of rotatable bonds is 4. The van der Waals surface area contributed by atoms with Gasteiger partial charge in [0.15, 0.2) is 0 Å². The maximum absolute atomic E-state index is 12.6. The van der Waals surface area contributed by atoms with E-state index >= 15 is 0 Å². The maximum Gasteiger partial charge on any atom is 0.241 e. The summed E-state index contributed by atoms with van der Waals surface area (Å²) in [6.07, 6.45) is 4.50. The summed E-state index contributed by atoms with van der Waals surface area (Å²) >= 11 is 0. The van der Waals surface area contributed by atoms with Gasteiger partial charge in [0.2, 0.25) is 5.91 Å². The predicted octanol–water partition coefficient (Wildman–Crippen LogP) is 1.66. The lowest BCUT2D eigenvalue weighted by Crippen LogP contribution is -2.51. The van der Waals surface area contributed by atoms with Gasteiger partial charge in [0.05, 0.1) is 12.2 Å². The molecule has 1 N–H and O–H groups in total. The molecule has 0 saturated carbocycles. The Bertz CT molecular complexity index is 311. The SMILES string of the molecule is CCCC1NC(C(C)C)N(C2CCN(C)CC2)C1=O. The molecule has 2 fully saturated rings. The molecular formula is C15H29N3O. The maximum atomic E-state index is 12.6. The van der Waals surface area contributed by atoms with Crippen molar-refractivity contribution >= 4 is 5.91 Å². The second-order valence-corrected chi connectivity index (χ2v) is 6.48. The molecule has 2 unspecified atom stereocenters. The molecule has 0 spiro atoms. The minimum Gasteiger partial charge on any atom is -0.322 e. The second-order valence-electron chi connectivity index (χ2n) is 6.48. The van der Waals surface area contributed by atoms with Crippen LogP contribution in [0.4, 0.5) is 0 Å². The number of nitrogens with one attached hydrogen (secondary N) is 1. The topological polar surface area (TPSA) is 35.6 Å². The zero-order valence-corrected chi connectivity index (χ0v) is 12.9. The third kappa shape index (κ3) is 3.11. The Hall–Kier alpha value is -0.610. The molecule has 4 heteroatoms. The molecule has 0 aromatic carbocycles. The van der Waals surface area contributed by atoms with E-state index in [4.69, 9.17) is 0 Å². The molecule has 0 aliphatic carbocycles. The van der Waals surface area contributed by atoms with Crippen LogP contribution in [0.3, 0.4) is 0 Å². The summed E-state index contributed by atoms with van der Waals surface area (Å²) in [5, 5.41) is 3.56. The molecule has 19 heavy (non-hydrogen) atoms. The first-order valence-electron chi connectivity index (χ1n) is 7.81. The van der Waals surface area contributed by atoms with E-state index in [0.29, 0.717) is 17.9 Å². The van der Waals surface area contributed by atoms with Gasteiger partial charge in [-0.25, -0.2) is 0 Å². The van der Waals surface area contributed by atoms with Crippen molar-refractivity contribution in [2.75, 3.05) is 20.1 Å². The zero-order valence-electron chi connectivity index (χ0n) is 12.9. The van der Waals surface area contributed by atoms with E-state index < -0.39 is 0 Å². The van der Waals surface area contributed by atoms with Crippen LogP contribution in [0.2, 0.25) is 0 Å². The fraction of sp³-hybridized carbons (Fsp3) is 0.933. The van der Waals surface area contributed by atoms with E-state index in [1.807, 2.05) is 0 Å². The van der Waals surface area contributed by atoms with Crippen LogP contribution in [-0.4, -0.2) is 54.1 Å². The van der Waals surface area contributed by atoms with E-state index in [1.165, 1.54) is 0 Å². The second kappa shape index (κ2) is 6.23. The summed E-state index contributed by atoms with van der Waals surface area (Å²) in [7, 11) is 2.17. The lowest BCUT2D eigenvalue weighted by molar-refractivity contribution is -0.134. The summed E-state index contributed by atoms with van der Waals surface area (Å²) in [5.41, 5.74) is 0. The summed E-state index contributed by atoms with van der Waals surface area (Å²) in [6.45, 7) is 8.79. The highest BCUT2D eigenvalue weighted by Crippen LogP contribution is 2.27. The quantitative estimate of drug-likeness (QED) is 0.841. The fourth-order valence-corrected chi connectivity index (χ4v) is 3.36. The molecular weight excluding hydrogens is 238 g/mol. The molecule has 0 bridgehead atoms. The van der Waals surface area contributed by atoms with Gasteiger partial charge >= 0.3 is 0 Å². The van der Waals surface area contributed by atoms with Gasteiger partial charge in [0, 0.05) is 6.04 Å². The molecule has 2 atom stereocenters. The minimum absolute atomic E-state index is 0.0528. The van der Waals surface area contributed by atoms with Gasteiger partial charge in [-0.05, 0) is 45.3 Å². The lowest BCUT2D eigenvalue weighted by atomic mass is 10.0. The van der Waals surface area contributed by atoms with Crippen LogP contribution in [0, 0.1) is 5.92 Å². The first-order valence-corrected chi connectivity index (χ1v) is 7.81. The smallest absolute Gasteiger partial charge is 0.241 e. The number of hydrogen-bond acceptors (Lipinski definition) is 3. The molecule has 2 heterocycles. The minimum atomic E-state index is 0.0528. The Kier molecular flexibility index (Phi) is 4.85. The molecule has 0 aromatic rings. The first-order chi connectivity index (χ1) is 9.04. The van der Waals surface area contributed by atoms with Gasteiger partial charge < -0.3 is 9.80 Å². The van der Waals surface area contributed by atoms with E-state index in [0.717, 1.165) is 38.8 Å². The van der Waals surface area contributed by atoms with Gasteiger partial charge in [-0.2, -0.15) is 0 Å². The lowest BCUT2D eigenvalue weighted by Gasteiger charge is -2.39. The Labute approximate surface area is 117 Å². The Morgan fingerprint density at radius 1 is 1.32 bits per heavy atom. The standard InChI is InChI=1S/C15H29N3O/c1-5-6-13-15(19)18(14(16-13)11(2)3)12-7-9-17(4)10-8-12/h11-14,16H,5-10H2,1-4H3. The summed E-state index contributed by atoms with van der Waals surface area (Å²) in [5.74, 6) is 0.820. The fourth-order valence-electron chi connectivity index (χ4n) is 3.36. The van der Waals surface area contributed by atoms with Crippen molar-refractivity contribution in [1.29, 1.82) is 0 Å². The Balaban J connectivity index is 2.08. The number of hydrogen-bond donors (Lipinski definition) is 1. The Morgan fingerprint density at radius 2 is 1.95 bits per heavy atom. The third-order valence-corrected chi connectivity index (χ3v) is 4.51. The molecule has 0 aromatic heterocycles. The van der Waals surface area contributed by atoms with Crippen molar-refractivity contribution in [3.63, 3.8) is 0 Å². The predicted molar refractivity (Wildman–Crippen MR) is 77.8 cm³/mol. The van der Waals surface area contributed by atoms with Crippen molar-refractivity contribution in [3.05, 3.63) is 0 Å². The van der Waals surface area contributed by atoms with Crippen molar-refractivity contribution in [3.8, 4) is 0 Å². The van der Waals surface area contributed by atoms with Crippen molar-refractivity contribution in [2.24, 2.45) is 5.92 Å². The normalized spacial score (nSPS) is 30.6. The number of amides is 1. The highest BCUT2D eigenvalue weighted by Gasteiger charge is 2.43. The monoisotopic (exact) mass is 267 g/mol. The molecule has 2 aliphatic heterocycles. The molecule has 110 valence electrons. The molecule has 2 aliphatic rings. The summed E-state index contributed by atoms with van der Waals surface area (Å²) in [4.78, 5) is 17.2. The Morgan fingerprint density at radius 3 is 2.47 bits per heavy atom. The average Bonchev–Trinajstić information content (AvgIpc) is 2.69. The molecule has 4 nitrogen and oxygen atoms in total. The van der Waals surface area contributed by atoms with Gasteiger partial charge in [0.25, 0.3) is 0 Å². The van der Waals surface area contributed by atoms with Crippen molar-refractivity contribution in [1.82, 2.24) is 15.1 Å². The number of piperidine rings is 1. The number of carbonyl (C=O) groups is 1. The van der Waals surface area contributed by atoms with E-state index in [2.05, 4.69) is 42.9 Å². The zero-order chi connectivity index (χ0) is 14.0. The number of carbonyl (C=O) groups excluding carboxylic acids is 1. The van der Waals surface area contributed by atoms with Gasteiger partial charge in [-0.3, -0.25) is 10.1 Å². The third-order valence-electron chi connectivity index (χ3n) is 4.51. The van der Waals surface area contributed by atoms with E-state index in [-0.39, 0.29) is 12.2 Å². The molecule has 0 radical (unpaired) electrons. The van der Waals surface area contributed by atoms with Crippen LogP contribution >= 0.6 is 0 Å². The summed E-state index contributed by atoms with van der Waals surface area (Å²) in [6, 6.07) is 0.488.